The summed E-state index contributed by atoms with van der Waals surface area (Å²) in [5, 5.41) is 4.62. The van der Waals surface area contributed by atoms with E-state index >= 15 is 0 Å². The number of hydrogen-bond donors (Lipinski definition) is 0. The van der Waals surface area contributed by atoms with E-state index in [0.29, 0.717) is 10.6 Å². The molecule has 12 nitrogen and oxygen atoms in total. The summed E-state index contributed by atoms with van der Waals surface area (Å²) < 4.78 is 5.36. The average Bonchev–Trinajstić information content (AvgIpc) is 3.27. The van der Waals surface area contributed by atoms with Gasteiger partial charge in [0.05, 0.1) is 29.2 Å². The van der Waals surface area contributed by atoms with Crippen molar-refractivity contribution in [1.29, 1.82) is 0 Å². The number of hydroxylamine groups is 2. The second-order valence-electron chi connectivity index (χ2n) is 7.79. The van der Waals surface area contributed by atoms with Gasteiger partial charge in [0, 0.05) is 18.0 Å². The first-order valence-electron chi connectivity index (χ1n) is 9.51. The maximum absolute atomic E-state index is 13.5. The molecular formula is C18H23N7O5S. The predicted octanol–water partition coefficient (Wildman–Crippen LogP) is 3.17. The lowest BCUT2D eigenvalue weighted by Gasteiger charge is -2.33. The van der Waals surface area contributed by atoms with Gasteiger partial charge >= 0.3 is 12.1 Å². The lowest BCUT2D eigenvalue weighted by atomic mass is 10.0. The van der Waals surface area contributed by atoms with Crippen molar-refractivity contribution >= 4 is 29.4 Å². The van der Waals surface area contributed by atoms with E-state index in [1.165, 1.54) is 27.4 Å². The molecule has 0 aromatic carbocycles. The van der Waals surface area contributed by atoms with Crippen LogP contribution in [-0.2, 0) is 14.4 Å². The number of nitrogens with zero attached hydrogens (tertiary/aromatic N) is 7. The quantitative estimate of drug-likeness (QED) is 0.271. The van der Waals surface area contributed by atoms with Crippen LogP contribution in [0.2, 0.25) is 0 Å². The number of urea groups is 1. The summed E-state index contributed by atoms with van der Waals surface area (Å²) in [5.74, 6) is -0.688. The Bertz CT molecular complexity index is 936. The van der Waals surface area contributed by atoms with Crippen molar-refractivity contribution in [2.75, 3.05) is 26.2 Å². The number of hydrogen-bond acceptors (Lipinski definition) is 8. The molecule has 0 aliphatic carbocycles. The number of aromatic nitrogens is 1. The Hall–Kier alpha value is -3.15. The molecule has 0 unspecified atom stereocenters. The molecule has 2 atom stereocenters. The topological polar surface area (TPSA) is 141 Å². The summed E-state index contributed by atoms with van der Waals surface area (Å²) in [6.45, 7) is 8.59. The first kappa shape index (κ1) is 22.5. The summed E-state index contributed by atoms with van der Waals surface area (Å²) in [6, 6.07) is -2.03. The minimum absolute atomic E-state index is 0.124. The SMILES string of the molecule is C=CCON1C(=O)N2C[C@H]1c1scnc1[C@H]2C(=O)N(CCN=[N+]=[N-])C(=O)OC(C)(C)C. The molecule has 0 radical (unpaired) electrons. The normalized spacial score (nSPS) is 19.5. The van der Waals surface area contributed by atoms with E-state index < -0.39 is 35.7 Å². The highest BCUT2D eigenvalue weighted by atomic mass is 32.1. The summed E-state index contributed by atoms with van der Waals surface area (Å²) >= 11 is 1.31. The summed E-state index contributed by atoms with van der Waals surface area (Å²) in [6.07, 6.45) is 0.622. The summed E-state index contributed by atoms with van der Waals surface area (Å²) in [4.78, 5) is 54.6. The van der Waals surface area contributed by atoms with Crippen molar-refractivity contribution in [1.82, 2.24) is 19.8 Å². The third kappa shape index (κ3) is 4.48. The molecular weight excluding hydrogens is 426 g/mol. The maximum atomic E-state index is 13.5. The van der Waals surface area contributed by atoms with E-state index in [-0.39, 0.29) is 26.2 Å². The number of rotatable bonds is 7. The van der Waals surface area contributed by atoms with Crippen molar-refractivity contribution in [3.8, 4) is 0 Å². The highest BCUT2D eigenvalue weighted by Crippen LogP contribution is 2.45. The molecule has 2 bridgehead atoms. The number of azide groups is 1. The van der Waals surface area contributed by atoms with Crippen LogP contribution in [0.5, 0.6) is 0 Å². The van der Waals surface area contributed by atoms with E-state index in [0.717, 1.165) is 4.90 Å². The fourth-order valence-electron chi connectivity index (χ4n) is 3.34. The van der Waals surface area contributed by atoms with E-state index in [9.17, 15) is 14.4 Å². The molecule has 3 heterocycles. The minimum atomic E-state index is -1.12. The molecule has 2 aliphatic rings. The molecule has 1 aromatic rings. The van der Waals surface area contributed by atoms with Gasteiger partial charge in [0.2, 0.25) is 0 Å². The van der Waals surface area contributed by atoms with E-state index in [1.807, 2.05) is 0 Å². The second-order valence-corrected chi connectivity index (χ2v) is 8.68. The Morgan fingerprint density at radius 2 is 2.26 bits per heavy atom. The van der Waals surface area contributed by atoms with Crippen molar-refractivity contribution in [3.63, 3.8) is 0 Å². The number of amides is 4. The molecule has 1 saturated heterocycles. The third-order valence-corrected chi connectivity index (χ3v) is 5.46. The number of thiazole rings is 1. The Morgan fingerprint density at radius 3 is 2.90 bits per heavy atom. The summed E-state index contributed by atoms with van der Waals surface area (Å²) in [5.41, 5.74) is 9.69. The highest BCUT2D eigenvalue weighted by Gasteiger charge is 2.53. The van der Waals surface area contributed by atoms with Gasteiger partial charge in [-0.05, 0) is 26.3 Å². The Labute approximate surface area is 182 Å². The smallest absolute Gasteiger partial charge is 0.417 e. The number of carbonyl (C=O) groups excluding carboxylic acids is 3. The van der Waals surface area contributed by atoms with Gasteiger partial charge in [0.1, 0.15) is 11.6 Å². The molecule has 166 valence electrons. The van der Waals surface area contributed by atoms with Gasteiger partial charge in [0.25, 0.3) is 5.91 Å². The molecule has 4 amide bonds. The van der Waals surface area contributed by atoms with Crippen LogP contribution in [-0.4, -0.2) is 69.7 Å². The summed E-state index contributed by atoms with van der Waals surface area (Å²) in [7, 11) is 0. The van der Waals surface area contributed by atoms with Gasteiger partial charge in [-0.3, -0.25) is 9.63 Å². The van der Waals surface area contributed by atoms with Crippen molar-refractivity contribution in [2.24, 2.45) is 5.11 Å². The average molecular weight is 449 g/mol. The van der Waals surface area contributed by atoms with Gasteiger partial charge in [-0.15, -0.1) is 17.9 Å². The number of ether oxygens (including phenoxy) is 1. The second kappa shape index (κ2) is 8.92. The molecule has 3 rings (SSSR count). The molecule has 2 aliphatic heterocycles. The minimum Gasteiger partial charge on any atom is -0.443 e. The van der Waals surface area contributed by atoms with Crippen LogP contribution in [0.4, 0.5) is 9.59 Å². The van der Waals surface area contributed by atoms with Crippen LogP contribution in [0.3, 0.4) is 0 Å². The van der Waals surface area contributed by atoms with E-state index in [1.54, 1.807) is 26.3 Å². The fraction of sp³-hybridized carbons (Fsp3) is 0.556. The molecule has 0 saturated carbocycles. The predicted molar refractivity (Wildman–Crippen MR) is 110 cm³/mol. The van der Waals surface area contributed by atoms with Crippen molar-refractivity contribution in [3.05, 3.63) is 39.2 Å². The number of imide groups is 1. The number of fused-ring (bicyclic) bond motifs is 4. The molecule has 1 aromatic heterocycles. The van der Waals surface area contributed by atoms with Gasteiger partial charge in [-0.1, -0.05) is 11.2 Å². The van der Waals surface area contributed by atoms with E-state index in [4.69, 9.17) is 15.1 Å². The standard InChI is InChI=1S/C18H23N7O5S/c1-5-8-29-25-11-9-24(16(25)27)13(12-14(11)31-10-20-12)15(26)23(7-6-21-22-19)17(28)30-18(2,3)4/h5,10-11,13H,1,6-9H2,2-4H3/t11-,13-/m0/s1. The number of carbonyl (C=O) groups is 3. The van der Waals surface area contributed by atoms with Crippen LogP contribution in [0, 0.1) is 0 Å². The van der Waals surface area contributed by atoms with Crippen molar-refractivity contribution in [2.45, 2.75) is 38.5 Å². The Morgan fingerprint density at radius 1 is 1.52 bits per heavy atom. The lowest BCUT2D eigenvalue weighted by Crippen LogP contribution is -2.49. The third-order valence-electron chi connectivity index (χ3n) is 4.52. The first-order valence-corrected chi connectivity index (χ1v) is 10.4. The van der Waals surface area contributed by atoms with Crippen LogP contribution in [0.1, 0.15) is 43.4 Å². The molecule has 13 heteroatoms. The van der Waals surface area contributed by atoms with Gasteiger partial charge < -0.3 is 9.64 Å². The van der Waals surface area contributed by atoms with Crippen LogP contribution >= 0.6 is 11.3 Å². The zero-order valence-corrected chi connectivity index (χ0v) is 18.2. The van der Waals surface area contributed by atoms with Gasteiger partial charge in [-0.2, -0.15) is 5.06 Å². The Kier molecular flexibility index (Phi) is 6.48. The van der Waals surface area contributed by atoms with Crippen LogP contribution < -0.4 is 0 Å². The molecule has 1 fully saturated rings. The lowest BCUT2D eigenvalue weighted by molar-refractivity contribution is -0.135. The fourth-order valence-corrected chi connectivity index (χ4v) is 4.24. The molecule has 0 N–H and O–H groups in total. The van der Waals surface area contributed by atoms with Crippen LogP contribution in [0.25, 0.3) is 10.4 Å². The zero-order chi connectivity index (χ0) is 22.8. The van der Waals surface area contributed by atoms with Gasteiger partial charge in [0.15, 0.2) is 6.04 Å². The van der Waals surface area contributed by atoms with Gasteiger partial charge in [-0.25, -0.2) is 19.5 Å². The monoisotopic (exact) mass is 449 g/mol. The maximum Gasteiger partial charge on any atom is 0.417 e. The molecule has 0 spiro atoms. The van der Waals surface area contributed by atoms with E-state index in [2.05, 4.69) is 21.6 Å². The largest absolute Gasteiger partial charge is 0.443 e. The Balaban J connectivity index is 1.94. The first-order chi connectivity index (χ1) is 14.7. The molecule has 31 heavy (non-hydrogen) atoms. The highest BCUT2D eigenvalue weighted by molar-refractivity contribution is 7.09. The van der Waals surface area contributed by atoms with Crippen LogP contribution in [0.15, 0.2) is 23.3 Å². The van der Waals surface area contributed by atoms with Crippen molar-refractivity contribution < 1.29 is 24.0 Å². The zero-order valence-electron chi connectivity index (χ0n) is 17.4.